The van der Waals surface area contributed by atoms with Gasteiger partial charge in [-0.2, -0.15) is 0 Å². The van der Waals surface area contributed by atoms with Crippen molar-refractivity contribution >= 4 is 28.6 Å². The van der Waals surface area contributed by atoms with E-state index in [0.29, 0.717) is 17.4 Å². The van der Waals surface area contributed by atoms with Gasteiger partial charge in [-0.25, -0.2) is 4.79 Å². The molecule has 40 heavy (non-hydrogen) atoms. The van der Waals surface area contributed by atoms with E-state index in [4.69, 9.17) is 14.2 Å². The number of ether oxygens (including phenoxy) is 3. The van der Waals surface area contributed by atoms with Crippen LogP contribution in [-0.2, 0) is 9.47 Å². The molecule has 0 saturated heterocycles. The summed E-state index contributed by atoms with van der Waals surface area (Å²) >= 11 is 1.92. The third kappa shape index (κ3) is 5.65. The van der Waals surface area contributed by atoms with Crippen molar-refractivity contribution in [2.24, 2.45) is 0 Å². The summed E-state index contributed by atoms with van der Waals surface area (Å²) in [5.74, 6) is 0.924. The molecule has 1 aromatic heterocycles. The number of fused-ring (bicyclic) bond motifs is 1. The lowest BCUT2D eigenvalue weighted by Crippen LogP contribution is -2.30. The van der Waals surface area contributed by atoms with Crippen molar-refractivity contribution in [2.45, 2.75) is 69.1 Å². The van der Waals surface area contributed by atoms with E-state index in [2.05, 4.69) is 80.1 Å². The first-order valence-corrected chi connectivity index (χ1v) is 15.1. The minimum absolute atomic E-state index is 0.235. The lowest BCUT2D eigenvalue weighted by atomic mass is 9.81. The normalized spacial score (nSPS) is 19.1. The van der Waals surface area contributed by atoms with Gasteiger partial charge in [-0.15, -0.1) is 11.8 Å². The molecule has 3 atom stereocenters. The number of methoxy groups -OCH3 is 1. The fraction of sp³-hybridized carbons (Fsp3) is 0.382. The highest BCUT2D eigenvalue weighted by Gasteiger charge is 2.34. The number of aromatic nitrogens is 1. The highest BCUT2D eigenvalue weighted by Crippen LogP contribution is 2.49. The number of rotatable bonds is 9. The SMILES string of the molecule is CCOC(=O)c1ccc(C2CC(OCC)CCC2Sc2c(OC)cc(C)c3c2ccn3-c2ccccc2C)cc1. The molecule has 0 amide bonds. The molecule has 210 valence electrons. The number of esters is 1. The molecule has 0 bridgehead atoms. The Balaban J connectivity index is 1.53. The topological polar surface area (TPSA) is 49.7 Å². The van der Waals surface area contributed by atoms with Crippen LogP contribution in [0.1, 0.15) is 66.1 Å². The summed E-state index contributed by atoms with van der Waals surface area (Å²) in [4.78, 5) is 13.4. The molecule has 1 aliphatic rings. The molecule has 1 aliphatic carbocycles. The molecule has 1 heterocycles. The fourth-order valence-electron chi connectivity index (χ4n) is 6.00. The zero-order valence-corrected chi connectivity index (χ0v) is 24.9. The van der Waals surface area contributed by atoms with Gasteiger partial charge in [0, 0.05) is 29.1 Å². The summed E-state index contributed by atoms with van der Waals surface area (Å²) in [6.45, 7) is 9.30. The Morgan fingerprint density at radius 2 is 1.75 bits per heavy atom. The number of thioether (sulfide) groups is 1. The lowest BCUT2D eigenvalue weighted by Gasteiger charge is -2.36. The van der Waals surface area contributed by atoms with Gasteiger partial charge < -0.3 is 18.8 Å². The van der Waals surface area contributed by atoms with Gasteiger partial charge in [-0.1, -0.05) is 30.3 Å². The van der Waals surface area contributed by atoms with Gasteiger partial charge in [0.05, 0.1) is 35.8 Å². The molecule has 5 rings (SSSR count). The van der Waals surface area contributed by atoms with Crippen LogP contribution in [-0.4, -0.2) is 42.2 Å². The highest BCUT2D eigenvalue weighted by molar-refractivity contribution is 8.00. The second-order valence-electron chi connectivity index (χ2n) is 10.5. The highest BCUT2D eigenvalue weighted by atomic mass is 32.2. The van der Waals surface area contributed by atoms with E-state index < -0.39 is 0 Å². The standard InChI is InChI=1S/C34H39NO4S/c1-6-38-26-16-17-31(28(21-26)24-12-14-25(15-13-24)34(36)39-7-2)40-33-27-18-19-35(29-11-9-8-10-22(29)3)32(27)23(4)20-30(33)37-5/h8-15,18-20,26,28,31H,6-7,16-17,21H2,1-5H3. The Hall–Kier alpha value is -3.22. The second kappa shape index (κ2) is 12.5. The van der Waals surface area contributed by atoms with E-state index in [1.54, 1.807) is 7.11 Å². The minimum atomic E-state index is -0.277. The van der Waals surface area contributed by atoms with Crippen LogP contribution < -0.4 is 4.74 Å². The fourth-order valence-corrected chi connectivity index (χ4v) is 7.54. The summed E-state index contributed by atoms with van der Waals surface area (Å²) < 4.78 is 19.6. The number of carbonyl (C=O) groups is 1. The molecule has 0 aliphatic heterocycles. The predicted molar refractivity (Wildman–Crippen MR) is 163 cm³/mol. The third-order valence-corrected chi connectivity index (χ3v) is 9.45. The van der Waals surface area contributed by atoms with E-state index in [0.717, 1.165) is 31.6 Å². The van der Waals surface area contributed by atoms with Crippen molar-refractivity contribution in [1.82, 2.24) is 4.57 Å². The van der Waals surface area contributed by atoms with Gasteiger partial charge in [0.15, 0.2) is 0 Å². The quantitative estimate of drug-likeness (QED) is 0.194. The maximum Gasteiger partial charge on any atom is 0.338 e. The molecule has 0 spiro atoms. The molecular weight excluding hydrogens is 518 g/mol. The van der Waals surface area contributed by atoms with Gasteiger partial charge in [-0.3, -0.25) is 0 Å². The van der Waals surface area contributed by atoms with E-state index >= 15 is 0 Å². The molecular formula is C34H39NO4S. The Kier molecular flexibility index (Phi) is 8.87. The Morgan fingerprint density at radius 1 is 0.975 bits per heavy atom. The number of aryl methyl sites for hydroxylation is 2. The van der Waals surface area contributed by atoms with Crippen molar-refractivity contribution < 1.29 is 19.0 Å². The predicted octanol–water partition coefficient (Wildman–Crippen LogP) is 8.27. The van der Waals surface area contributed by atoms with Gasteiger partial charge in [0.2, 0.25) is 0 Å². The molecule has 1 fully saturated rings. The molecule has 5 nitrogen and oxygen atoms in total. The Morgan fingerprint density at radius 3 is 2.45 bits per heavy atom. The van der Waals surface area contributed by atoms with Gasteiger partial charge in [0.1, 0.15) is 5.75 Å². The molecule has 6 heteroatoms. The molecule has 0 N–H and O–H groups in total. The summed E-state index contributed by atoms with van der Waals surface area (Å²) in [5, 5.41) is 1.56. The van der Waals surface area contributed by atoms with Crippen molar-refractivity contribution in [1.29, 1.82) is 0 Å². The molecule has 3 aromatic carbocycles. The van der Waals surface area contributed by atoms with Crippen molar-refractivity contribution in [3.8, 4) is 11.4 Å². The van der Waals surface area contributed by atoms with Crippen LogP contribution in [0.5, 0.6) is 5.75 Å². The number of hydrogen-bond acceptors (Lipinski definition) is 5. The molecule has 1 saturated carbocycles. The number of benzene rings is 3. The zero-order valence-electron chi connectivity index (χ0n) is 24.1. The summed E-state index contributed by atoms with van der Waals surface area (Å²) in [6.07, 6.45) is 5.44. The van der Waals surface area contributed by atoms with Crippen LogP contribution in [0.2, 0.25) is 0 Å². The maximum absolute atomic E-state index is 12.3. The number of carbonyl (C=O) groups excluding carboxylic acids is 1. The Bertz CT molecular complexity index is 1480. The summed E-state index contributed by atoms with van der Waals surface area (Å²) in [5.41, 5.74) is 6.66. The van der Waals surface area contributed by atoms with Crippen molar-refractivity contribution in [2.75, 3.05) is 20.3 Å². The third-order valence-electron chi connectivity index (χ3n) is 7.93. The number of nitrogens with zero attached hydrogens (tertiary/aromatic N) is 1. The average Bonchev–Trinajstić information content (AvgIpc) is 3.41. The zero-order chi connectivity index (χ0) is 28.2. The van der Waals surface area contributed by atoms with Crippen LogP contribution in [0.25, 0.3) is 16.6 Å². The van der Waals surface area contributed by atoms with Crippen molar-refractivity contribution in [3.05, 3.63) is 89.1 Å². The minimum Gasteiger partial charge on any atom is -0.496 e. The van der Waals surface area contributed by atoms with Crippen LogP contribution in [0.4, 0.5) is 0 Å². The summed E-state index contributed by atoms with van der Waals surface area (Å²) in [6, 6.07) is 20.9. The monoisotopic (exact) mass is 557 g/mol. The van der Waals surface area contributed by atoms with Crippen LogP contribution in [0.3, 0.4) is 0 Å². The second-order valence-corrected chi connectivity index (χ2v) is 11.7. The molecule has 3 unspecified atom stereocenters. The van der Waals surface area contributed by atoms with Gasteiger partial charge in [0.25, 0.3) is 0 Å². The molecule has 4 aromatic rings. The van der Waals surface area contributed by atoms with Crippen LogP contribution in [0, 0.1) is 13.8 Å². The van der Waals surface area contributed by atoms with E-state index in [-0.39, 0.29) is 18.0 Å². The number of para-hydroxylation sites is 1. The van der Waals surface area contributed by atoms with E-state index in [9.17, 15) is 4.79 Å². The van der Waals surface area contributed by atoms with Gasteiger partial charge >= 0.3 is 5.97 Å². The largest absolute Gasteiger partial charge is 0.496 e. The summed E-state index contributed by atoms with van der Waals surface area (Å²) in [7, 11) is 1.76. The van der Waals surface area contributed by atoms with Crippen molar-refractivity contribution in [3.63, 3.8) is 0 Å². The lowest BCUT2D eigenvalue weighted by molar-refractivity contribution is 0.0321. The van der Waals surface area contributed by atoms with E-state index in [1.165, 1.54) is 38.2 Å². The first kappa shape index (κ1) is 28.3. The first-order chi connectivity index (χ1) is 19.4. The van der Waals surface area contributed by atoms with Gasteiger partial charge in [-0.05, 0) is 99.9 Å². The van der Waals surface area contributed by atoms with Crippen LogP contribution in [0.15, 0.2) is 71.8 Å². The smallest absolute Gasteiger partial charge is 0.338 e. The molecule has 0 radical (unpaired) electrons. The Labute approximate surface area is 241 Å². The van der Waals surface area contributed by atoms with Crippen LogP contribution >= 0.6 is 11.8 Å². The average molecular weight is 558 g/mol. The first-order valence-electron chi connectivity index (χ1n) is 14.2. The maximum atomic E-state index is 12.3. The van der Waals surface area contributed by atoms with E-state index in [1.807, 2.05) is 30.8 Å². The number of hydrogen-bond donors (Lipinski definition) is 0.